The first-order valence-electron chi connectivity index (χ1n) is 10.7. The minimum atomic E-state index is -0.262. The Hall–Kier alpha value is -3.12. The van der Waals surface area contributed by atoms with Crippen molar-refractivity contribution in [3.05, 3.63) is 78.1 Å². The zero-order valence-electron chi connectivity index (χ0n) is 17.5. The summed E-state index contributed by atoms with van der Waals surface area (Å²) >= 11 is 0. The summed E-state index contributed by atoms with van der Waals surface area (Å²) in [4.78, 5) is 0. The molecule has 3 heteroatoms. The average molecular weight is 402 g/mol. The van der Waals surface area contributed by atoms with Gasteiger partial charge >= 0.3 is 0 Å². The van der Waals surface area contributed by atoms with Crippen LogP contribution >= 0.6 is 0 Å². The van der Waals surface area contributed by atoms with Crippen LogP contribution in [0, 0.1) is 17.1 Å². The highest BCUT2D eigenvalue weighted by molar-refractivity contribution is 5.84. The molecule has 154 valence electrons. The molecular weight excluding hydrogens is 373 g/mol. The van der Waals surface area contributed by atoms with Crippen molar-refractivity contribution in [3.63, 3.8) is 0 Å². The van der Waals surface area contributed by atoms with Crippen molar-refractivity contribution in [1.29, 1.82) is 5.26 Å². The lowest BCUT2D eigenvalue weighted by Crippen LogP contribution is -1.98. The van der Waals surface area contributed by atoms with Crippen LogP contribution in [0.3, 0.4) is 0 Å². The van der Waals surface area contributed by atoms with E-state index >= 15 is 0 Å². The Morgan fingerprint density at radius 2 is 1.57 bits per heavy atom. The van der Waals surface area contributed by atoms with Gasteiger partial charge in [0.25, 0.3) is 0 Å². The maximum absolute atomic E-state index is 13.8. The van der Waals surface area contributed by atoms with E-state index in [0.29, 0.717) is 12.2 Å². The average Bonchev–Trinajstić information content (AvgIpc) is 2.78. The summed E-state index contributed by atoms with van der Waals surface area (Å²) in [7, 11) is 0. The number of rotatable bonds is 10. The van der Waals surface area contributed by atoms with Crippen LogP contribution in [0.4, 0.5) is 4.39 Å². The number of halogens is 1. The topological polar surface area (TPSA) is 33.0 Å². The molecule has 0 fully saturated rings. The number of hydrogen-bond acceptors (Lipinski definition) is 2. The SMILES string of the molecule is CCCCCCCCOc1ccc(-c2cccc(F)c2)c(-c2ccc(C#N)cc2)c1. The molecule has 3 rings (SSSR count). The largest absolute Gasteiger partial charge is 0.494 e. The molecule has 0 atom stereocenters. The van der Waals surface area contributed by atoms with Gasteiger partial charge in [0.2, 0.25) is 0 Å². The first kappa shape index (κ1) is 21.6. The predicted molar refractivity (Wildman–Crippen MR) is 121 cm³/mol. The molecule has 2 nitrogen and oxygen atoms in total. The summed E-state index contributed by atoms with van der Waals surface area (Å²) in [6, 6.07) is 22.2. The van der Waals surface area contributed by atoms with Gasteiger partial charge in [0.1, 0.15) is 11.6 Å². The van der Waals surface area contributed by atoms with E-state index in [4.69, 9.17) is 10.00 Å². The van der Waals surface area contributed by atoms with Crippen molar-refractivity contribution in [2.45, 2.75) is 45.4 Å². The van der Waals surface area contributed by atoms with Crippen LogP contribution in [0.25, 0.3) is 22.3 Å². The van der Waals surface area contributed by atoms with Crippen molar-refractivity contribution in [2.24, 2.45) is 0 Å². The second-order valence-electron chi connectivity index (χ2n) is 7.52. The molecule has 0 amide bonds. The van der Waals surface area contributed by atoms with Gasteiger partial charge in [-0.3, -0.25) is 0 Å². The van der Waals surface area contributed by atoms with Crippen LogP contribution in [-0.4, -0.2) is 6.61 Å². The Balaban J connectivity index is 1.80. The molecule has 0 aliphatic carbocycles. The minimum absolute atomic E-state index is 0.262. The summed E-state index contributed by atoms with van der Waals surface area (Å²) in [5, 5.41) is 9.08. The number of hydrogen-bond donors (Lipinski definition) is 0. The molecule has 0 aliphatic rings. The monoisotopic (exact) mass is 401 g/mol. The van der Waals surface area contributed by atoms with Crippen LogP contribution in [-0.2, 0) is 0 Å². The Bertz CT molecular complexity index is 988. The maximum atomic E-state index is 13.8. The number of benzene rings is 3. The van der Waals surface area contributed by atoms with E-state index < -0.39 is 0 Å². The summed E-state index contributed by atoms with van der Waals surface area (Å²) in [5.41, 5.74) is 4.30. The summed E-state index contributed by atoms with van der Waals surface area (Å²) < 4.78 is 19.8. The van der Waals surface area contributed by atoms with Gasteiger partial charge in [-0.2, -0.15) is 5.26 Å². The van der Waals surface area contributed by atoms with Gasteiger partial charge in [-0.15, -0.1) is 0 Å². The lowest BCUT2D eigenvalue weighted by atomic mass is 9.94. The number of nitrogens with zero attached hydrogens (tertiary/aromatic N) is 1. The molecule has 0 aromatic heterocycles. The van der Waals surface area contributed by atoms with E-state index in [0.717, 1.165) is 34.4 Å². The van der Waals surface area contributed by atoms with E-state index in [1.54, 1.807) is 24.3 Å². The predicted octanol–water partition coefficient (Wildman–Crippen LogP) is 7.77. The summed E-state index contributed by atoms with van der Waals surface area (Å²) in [5.74, 6) is 0.546. The standard InChI is InChI=1S/C27H28FNO/c1-2-3-4-5-6-7-17-30-25-15-16-26(23-9-8-10-24(28)18-23)27(19-25)22-13-11-21(20-29)12-14-22/h8-16,18-19H,2-7,17H2,1H3. The molecule has 0 spiro atoms. The second-order valence-corrected chi connectivity index (χ2v) is 7.52. The van der Waals surface area contributed by atoms with Gasteiger partial charge in [0, 0.05) is 0 Å². The Labute approximate surface area is 179 Å². The number of ether oxygens (including phenoxy) is 1. The van der Waals surface area contributed by atoms with Crippen LogP contribution in [0.2, 0.25) is 0 Å². The fourth-order valence-electron chi connectivity index (χ4n) is 3.56. The van der Waals surface area contributed by atoms with E-state index in [1.165, 1.54) is 38.2 Å². The number of unbranched alkanes of at least 4 members (excludes halogenated alkanes) is 5. The zero-order chi connectivity index (χ0) is 21.2. The summed E-state index contributed by atoms with van der Waals surface area (Å²) in [6.07, 6.45) is 7.34. The highest BCUT2D eigenvalue weighted by atomic mass is 19.1. The van der Waals surface area contributed by atoms with Crippen molar-refractivity contribution in [2.75, 3.05) is 6.61 Å². The molecule has 0 unspecified atom stereocenters. The van der Waals surface area contributed by atoms with E-state index in [-0.39, 0.29) is 5.82 Å². The fourth-order valence-corrected chi connectivity index (χ4v) is 3.56. The molecule has 0 heterocycles. The smallest absolute Gasteiger partial charge is 0.123 e. The molecule has 30 heavy (non-hydrogen) atoms. The number of nitriles is 1. The Kier molecular flexibility index (Phi) is 8.03. The molecule has 0 saturated heterocycles. The third-order valence-corrected chi connectivity index (χ3v) is 5.22. The molecular formula is C27H28FNO. The molecule has 3 aromatic carbocycles. The van der Waals surface area contributed by atoms with Gasteiger partial charge in [-0.05, 0) is 65.1 Å². The van der Waals surface area contributed by atoms with Crippen LogP contribution in [0.15, 0.2) is 66.7 Å². The molecule has 3 aromatic rings. The Morgan fingerprint density at radius 1 is 0.800 bits per heavy atom. The van der Waals surface area contributed by atoms with E-state index in [9.17, 15) is 4.39 Å². The normalized spacial score (nSPS) is 10.6. The van der Waals surface area contributed by atoms with Gasteiger partial charge < -0.3 is 4.74 Å². The van der Waals surface area contributed by atoms with Crippen LogP contribution in [0.5, 0.6) is 5.75 Å². The van der Waals surface area contributed by atoms with Crippen molar-refractivity contribution in [3.8, 4) is 34.1 Å². The first-order valence-corrected chi connectivity index (χ1v) is 10.7. The third-order valence-electron chi connectivity index (χ3n) is 5.22. The molecule has 0 radical (unpaired) electrons. The lowest BCUT2D eigenvalue weighted by molar-refractivity contribution is 0.304. The Morgan fingerprint density at radius 3 is 2.30 bits per heavy atom. The lowest BCUT2D eigenvalue weighted by Gasteiger charge is -2.14. The van der Waals surface area contributed by atoms with Crippen molar-refractivity contribution < 1.29 is 9.13 Å². The third kappa shape index (κ3) is 5.94. The van der Waals surface area contributed by atoms with E-state index in [2.05, 4.69) is 13.0 Å². The van der Waals surface area contributed by atoms with Gasteiger partial charge in [0.15, 0.2) is 0 Å². The zero-order valence-corrected chi connectivity index (χ0v) is 17.5. The van der Waals surface area contributed by atoms with Crippen LogP contribution < -0.4 is 4.74 Å². The summed E-state index contributed by atoms with van der Waals surface area (Å²) in [6.45, 7) is 2.92. The first-order chi connectivity index (χ1) is 14.7. The molecule has 0 aliphatic heterocycles. The molecule has 0 N–H and O–H groups in total. The van der Waals surface area contributed by atoms with Gasteiger partial charge in [0.05, 0.1) is 18.2 Å². The quantitative estimate of drug-likeness (QED) is 0.325. The van der Waals surface area contributed by atoms with Crippen LogP contribution in [0.1, 0.15) is 51.0 Å². The molecule has 0 saturated carbocycles. The maximum Gasteiger partial charge on any atom is 0.123 e. The highest BCUT2D eigenvalue weighted by Gasteiger charge is 2.11. The van der Waals surface area contributed by atoms with Crippen molar-refractivity contribution in [1.82, 2.24) is 0 Å². The van der Waals surface area contributed by atoms with Gasteiger partial charge in [-0.25, -0.2) is 4.39 Å². The fraction of sp³-hybridized carbons (Fsp3) is 0.296. The van der Waals surface area contributed by atoms with E-state index in [1.807, 2.05) is 36.4 Å². The minimum Gasteiger partial charge on any atom is -0.494 e. The van der Waals surface area contributed by atoms with Gasteiger partial charge in [-0.1, -0.05) is 69.4 Å². The second kappa shape index (κ2) is 11.2. The van der Waals surface area contributed by atoms with Crippen molar-refractivity contribution >= 4 is 0 Å². The molecule has 0 bridgehead atoms. The highest BCUT2D eigenvalue weighted by Crippen LogP contribution is 2.35.